The summed E-state index contributed by atoms with van der Waals surface area (Å²) in [4.78, 5) is 70.9. The molecule has 7 N–H and O–H groups in total. The summed E-state index contributed by atoms with van der Waals surface area (Å²) in [7, 11) is 2.80. The number of cyclic esters (lactones) is 1. The van der Waals surface area contributed by atoms with Crippen LogP contribution in [0.2, 0.25) is 0 Å². The highest BCUT2D eigenvalue weighted by atomic mass is 19.1. The number of aliphatic hydroxyl groups excluding tert-OH is 3. The lowest BCUT2D eigenvalue weighted by molar-refractivity contribution is -0.162. The Morgan fingerprint density at radius 3 is 2.45 bits per heavy atom. The first-order chi connectivity index (χ1) is 28.3. The van der Waals surface area contributed by atoms with E-state index in [9.17, 15) is 48.8 Å². The van der Waals surface area contributed by atoms with Crippen molar-refractivity contribution >= 4 is 29.5 Å². The van der Waals surface area contributed by atoms with E-state index in [0.717, 1.165) is 17.2 Å². The number of fused-ring (bicyclic) bond motifs is 2. The van der Waals surface area contributed by atoms with Gasteiger partial charge in [-0.25, -0.2) is 19.9 Å². The average molecular weight is 844 g/mol. The predicted molar refractivity (Wildman–Crippen MR) is 219 cm³/mol. The second kappa shape index (κ2) is 23.9. The number of hydrazine groups is 1. The van der Waals surface area contributed by atoms with E-state index in [4.69, 9.17) is 9.57 Å². The molecule has 0 radical (unpaired) electrons. The van der Waals surface area contributed by atoms with Crippen molar-refractivity contribution in [3.63, 3.8) is 0 Å². The number of Topliss-reactive ketones (excluding diaryl/α,β-unsaturated/α-hetero) is 1. The summed E-state index contributed by atoms with van der Waals surface area (Å²) in [5.41, 5.74) is 3.83. The number of aliphatic hydroxyl groups is 3. The molecule has 0 aromatic heterocycles. The fourth-order valence-corrected chi connectivity index (χ4v) is 6.85. The van der Waals surface area contributed by atoms with Crippen molar-refractivity contribution in [3.8, 4) is 5.75 Å². The molecule has 2 bridgehead atoms. The molecule has 3 rings (SSSR count). The van der Waals surface area contributed by atoms with Crippen molar-refractivity contribution in [1.82, 2.24) is 26.1 Å². The van der Waals surface area contributed by atoms with Gasteiger partial charge in [-0.2, -0.15) is 0 Å². The van der Waals surface area contributed by atoms with E-state index in [1.807, 2.05) is 0 Å². The van der Waals surface area contributed by atoms with Gasteiger partial charge in [0.25, 0.3) is 5.91 Å². The second-order valence-corrected chi connectivity index (χ2v) is 15.7. The number of esters is 1. The molecule has 10 unspecified atom stereocenters. The van der Waals surface area contributed by atoms with Crippen LogP contribution in [-0.4, -0.2) is 123 Å². The molecule has 2 heterocycles. The molecular weight excluding hydrogens is 781 g/mol. The number of likely N-dealkylation sites (N-methyl/N-ethyl adjacent to an activating group) is 1. The number of ether oxygens (including phenoxy) is 1. The lowest BCUT2D eigenvalue weighted by atomic mass is 9.84. The molecule has 0 saturated carbocycles. The topological polar surface area (TPSA) is 227 Å². The normalized spacial score (nSPS) is 29.3. The number of carbonyl (C=O) groups is 5. The Bertz CT molecular complexity index is 1750. The number of aromatic hydroxyl groups is 1. The largest absolute Gasteiger partial charge is 0.508 e. The highest BCUT2D eigenvalue weighted by molar-refractivity contribution is 5.89. The van der Waals surface area contributed by atoms with Crippen LogP contribution in [0, 0.1) is 23.6 Å². The minimum absolute atomic E-state index is 0.0520. The van der Waals surface area contributed by atoms with Crippen LogP contribution in [0.3, 0.4) is 0 Å². The molecule has 1 saturated heterocycles. The number of phenolic OH excluding ortho intramolecular Hbond substituents is 1. The number of hydrogen-bond acceptors (Lipinski definition) is 13. The molecule has 0 aliphatic carbocycles. The first kappa shape index (κ1) is 49.6. The number of carbonyl (C=O) groups excluding carboxylic acids is 5. The molecule has 3 amide bonds. The number of ketones is 1. The van der Waals surface area contributed by atoms with E-state index < -0.39 is 89.9 Å². The lowest BCUT2D eigenvalue weighted by Gasteiger charge is -2.40. The maximum atomic E-state index is 14.4. The van der Waals surface area contributed by atoms with E-state index in [0.29, 0.717) is 18.4 Å². The van der Waals surface area contributed by atoms with Crippen molar-refractivity contribution in [2.75, 3.05) is 20.7 Å². The SMILES string of the molecule is CON(C)C(=O)C=CC=C(C)C1CC=CC=CC(O)C(C)C(O)C(CCC(C)=O)C(=O)NC(C(C)C)C(=O)NC(Cc2cc(O)cc(F)c2)C(O)N2CCCC(N2)C(=O)O1. The number of rotatable bonds is 10. The molecule has 60 heavy (non-hydrogen) atoms. The van der Waals surface area contributed by atoms with Gasteiger partial charge in [0, 0.05) is 44.5 Å². The number of hydroxylamine groups is 2. The van der Waals surface area contributed by atoms with Crippen LogP contribution in [0.1, 0.15) is 72.3 Å². The first-order valence-electron chi connectivity index (χ1n) is 20.2. The van der Waals surface area contributed by atoms with E-state index in [-0.39, 0.29) is 49.3 Å². The van der Waals surface area contributed by atoms with Crippen LogP contribution in [0.4, 0.5) is 4.39 Å². The molecular formula is C43H62FN5O11. The maximum Gasteiger partial charge on any atom is 0.325 e. The van der Waals surface area contributed by atoms with E-state index in [1.54, 1.807) is 52.0 Å². The Hall–Kier alpha value is -4.78. The fraction of sp³-hybridized carbons (Fsp3) is 0.558. The number of amides is 3. The van der Waals surface area contributed by atoms with Gasteiger partial charge in [0.15, 0.2) is 0 Å². The maximum absolute atomic E-state index is 14.4. The van der Waals surface area contributed by atoms with Crippen molar-refractivity contribution in [1.29, 1.82) is 0 Å². The number of hydrogen-bond donors (Lipinski definition) is 7. The van der Waals surface area contributed by atoms with E-state index in [2.05, 4.69) is 16.1 Å². The minimum atomic E-state index is -1.54. The molecule has 10 atom stereocenters. The Morgan fingerprint density at radius 2 is 1.80 bits per heavy atom. The number of halogens is 1. The summed E-state index contributed by atoms with van der Waals surface area (Å²) in [6, 6.07) is -0.0260. The van der Waals surface area contributed by atoms with E-state index in [1.165, 1.54) is 50.4 Å². The van der Waals surface area contributed by atoms with Gasteiger partial charge in [-0.3, -0.25) is 24.0 Å². The third-order valence-corrected chi connectivity index (χ3v) is 10.6. The summed E-state index contributed by atoms with van der Waals surface area (Å²) in [6.07, 6.45) is 6.24. The highest BCUT2D eigenvalue weighted by Gasteiger charge is 2.39. The number of nitrogens with zero attached hydrogens (tertiary/aromatic N) is 2. The van der Waals surface area contributed by atoms with Crippen molar-refractivity contribution in [3.05, 3.63) is 77.7 Å². The molecule has 17 heteroatoms. The van der Waals surface area contributed by atoms with Gasteiger partial charge < -0.3 is 40.6 Å². The Kier molecular flexibility index (Phi) is 19.7. The molecule has 2 aliphatic heterocycles. The molecule has 1 fully saturated rings. The fourth-order valence-electron chi connectivity index (χ4n) is 6.85. The summed E-state index contributed by atoms with van der Waals surface area (Å²) in [6.45, 7) is 8.20. The average Bonchev–Trinajstić information content (AvgIpc) is 3.19. The zero-order valence-electron chi connectivity index (χ0n) is 35.4. The van der Waals surface area contributed by atoms with Gasteiger partial charge in [-0.05, 0) is 68.7 Å². The van der Waals surface area contributed by atoms with Crippen LogP contribution in [0.5, 0.6) is 5.75 Å². The highest BCUT2D eigenvalue weighted by Crippen LogP contribution is 2.25. The Morgan fingerprint density at radius 1 is 1.08 bits per heavy atom. The van der Waals surface area contributed by atoms with Crippen LogP contribution in [0.15, 0.2) is 66.3 Å². The molecule has 2 aliphatic rings. The summed E-state index contributed by atoms with van der Waals surface area (Å²) >= 11 is 0. The van der Waals surface area contributed by atoms with E-state index >= 15 is 0 Å². The summed E-state index contributed by atoms with van der Waals surface area (Å²) < 4.78 is 20.4. The van der Waals surface area contributed by atoms with Gasteiger partial charge in [-0.15, -0.1) is 0 Å². The number of benzene rings is 1. The quantitative estimate of drug-likeness (QED) is 0.0778. The van der Waals surface area contributed by atoms with Crippen LogP contribution in [0.25, 0.3) is 0 Å². The second-order valence-electron chi connectivity index (χ2n) is 15.7. The monoisotopic (exact) mass is 843 g/mol. The van der Waals surface area contributed by atoms with Crippen LogP contribution >= 0.6 is 0 Å². The van der Waals surface area contributed by atoms with Crippen LogP contribution < -0.4 is 16.1 Å². The zero-order chi connectivity index (χ0) is 44.7. The zero-order valence-corrected chi connectivity index (χ0v) is 35.4. The van der Waals surface area contributed by atoms with Gasteiger partial charge >= 0.3 is 5.97 Å². The Balaban J connectivity index is 2.09. The number of allylic oxidation sites excluding steroid dienone is 4. The molecule has 332 valence electrons. The van der Waals surface area contributed by atoms with Gasteiger partial charge in [0.2, 0.25) is 11.8 Å². The third-order valence-electron chi connectivity index (χ3n) is 10.6. The van der Waals surface area contributed by atoms with Crippen LogP contribution in [-0.2, 0) is 40.0 Å². The lowest BCUT2D eigenvalue weighted by Crippen LogP contribution is -2.64. The van der Waals surface area contributed by atoms with Gasteiger partial charge in [-0.1, -0.05) is 57.2 Å². The smallest absolute Gasteiger partial charge is 0.325 e. The summed E-state index contributed by atoms with van der Waals surface area (Å²) in [5, 5.41) is 52.4. The van der Waals surface area contributed by atoms with Crippen molar-refractivity contribution in [2.24, 2.45) is 17.8 Å². The van der Waals surface area contributed by atoms with Crippen molar-refractivity contribution < 1.29 is 58.4 Å². The van der Waals surface area contributed by atoms with Gasteiger partial charge in [0.1, 0.15) is 41.8 Å². The Labute approximate surface area is 351 Å². The minimum Gasteiger partial charge on any atom is -0.508 e. The molecule has 16 nitrogen and oxygen atoms in total. The van der Waals surface area contributed by atoms with Gasteiger partial charge in [0.05, 0.1) is 31.3 Å². The predicted octanol–water partition coefficient (Wildman–Crippen LogP) is 2.28. The third kappa shape index (κ3) is 15.0. The van der Waals surface area contributed by atoms with Crippen molar-refractivity contribution in [2.45, 2.75) is 116 Å². The number of phenols is 1. The standard InChI is InChI=1S/C43H62FN5O11/c1-25(2)38-41(56)45-34(23-29-21-30(44)24-31(51)22-29)42(57)49-20-12-14-33(47-49)43(58)60-36(26(3)13-11-17-37(53)48(6)59-7)16-10-8-9-15-35(52)28(5)39(54)32(40(55)46-38)19-18-27(4)50/h8-11,13,15,17,21-22,24-25,28,32-36,38-39,42,47,51-52,54,57H,12,14,16,18-20,23H2,1-7H3,(H,45,56)(H,46,55). The number of nitrogens with one attached hydrogen (secondary N) is 3. The molecule has 1 aromatic rings. The first-order valence-corrected chi connectivity index (χ1v) is 20.2. The summed E-state index contributed by atoms with van der Waals surface area (Å²) in [5.74, 6) is -6.52. The molecule has 0 spiro atoms. The molecule has 1 aromatic carbocycles.